The van der Waals surface area contributed by atoms with E-state index < -0.39 is 17.4 Å². The van der Waals surface area contributed by atoms with Crippen molar-refractivity contribution in [3.8, 4) is 0 Å². The molecule has 3 heterocycles. The first kappa shape index (κ1) is 18.4. The number of imide groups is 1. The highest BCUT2D eigenvalue weighted by Gasteiger charge is 2.74. The van der Waals surface area contributed by atoms with E-state index in [-0.39, 0.29) is 35.7 Å². The van der Waals surface area contributed by atoms with Crippen LogP contribution in [0.4, 0.5) is 5.69 Å². The molecule has 3 aliphatic heterocycles. The minimum Gasteiger partial charge on any atom is -0.326 e. The molecule has 0 bridgehead atoms. The SMILES string of the molecule is CC[C@H](C)N1C(=O)[C@@H]2[C@@H](C(C)C)[NH2+][C@]3(C(=O)Nc4ccc(Cl)cc43)[C@@H]2C1=O. The van der Waals surface area contributed by atoms with E-state index in [0.29, 0.717) is 22.7 Å². The summed E-state index contributed by atoms with van der Waals surface area (Å²) in [6, 6.07) is 4.93. The molecule has 0 saturated carbocycles. The lowest BCUT2D eigenvalue weighted by Gasteiger charge is -2.29. The van der Waals surface area contributed by atoms with E-state index in [1.165, 1.54) is 4.90 Å². The van der Waals surface area contributed by atoms with Gasteiger partial charge in [0.2, 0.25) is 17.4 Å². The summed E-state index contributed by atoms with van der Waals surface area (Å²) < 4.78 is 0. The third kappa shape index (κ3) is 2.26. The molecule has 27 heavy (non-hydrogen) atoms. The number of hydrogen-bond acceptors (Lipinski definition) is 3. The number of nitrogens with zero attached hydrogens (tertiary/aromatic N) is 1. The van der Waals surface area contributed by atoms with Crippen LogP contribution in [0.3, 0.4) is 0 Å². The number of amides is 3. The maximum atomic E-state index is 13.4. The minimum atomic E-state index is -1.13. The Morgan fingerprint density at radius 2 is 1.93 bits per heavy atom. The zero-order valence-electron chi connectivity index (χ0n) is 16.0. The number of halogens is 1. The van der Waals surface area contributed by atoms with Crippen LogP contribution in [-0.4, -0.2) is 34.7 Å². The van der Waals surface area contributed by atoms with Crippen molar-refractivity contribution in [2.75, 3.05) is 5.32 Å². The summed E-state index contributed by atoms with van der Waals surface area (Å²) in [6.45, 7) is 7.91. The summed E-state index contributed by atoms with van der Waals surface area (Å²) >= 11 is 6.23. The average molecular weight is 391 g/mol. The number of quaternary nitrogens is 1. The van der Waals surface area contributed by atoms with E-state index in [2.05, 4.69) is 5.32 Å². The van der Waals surface area contributed by atoms with Crippen molar-refractivity contribution in [3.63, 3.8) is 0 Å². The Morgan fingerprint density at radius 1 is 1.22 bits per heavy atom. The van der Waals surface area contributed by atoms with Gasteiger partial charge in [-0.05, 0) is 31.5 Å². The van der Waals surface area contributed by atoms with Crippen LogP contribution in [0.15, 0.2) is 18.2 Å². The third-order valence-electron chi connectivity index (χ3n) is 6.60. The van der Waals surface area contributed by atoms with Gasteiger partial charge < -0.3 is 10.6 Å². The Labute approximate surface area is 163 Å². The fourth-order valence-electron chi connectivity index (χ4n) is 5.11. The smallest absolute Gasteiger partial charge is 0.291 e. The van der Waals surface area contributed by atoms with Crippen LogP contribution in [0.2, 0.25) is 5.02 Å². The van der Waals surface area contributed by atoms with Gasteiger partial charge in [-0.15, -0.1) is 0 Å². The molecule has 1 aromatic carbocycles. The van der Waals surface area contributed by atoms with Gasteiger partial charge in [0.1, 0.15) is 17.9 Å². The molecule has 144 valence electrons. The molecular formula is C20H25ClN3O3+. The van der Waals surface area contributed by atoms with Crippen LogP contribution in [0.25, 0.3) is 0 Å². The van der Waals surface area contributed by atoms with Gasteiger partial charge in [0.15, 0.2) is 0 Å². The van der Waals surface area contributed by atoms with Crippen LogP contribution in [0, 0.1) is 17.8 Å². The Hall–Kier alpha value is -1.92. The Bertz CT molecular complexity index is 855. The highest BCUT2D eigenvalue weighted by atomic mass is 35.5. The lowest BCUT2D eigenvalue weighted by atomic mass is 9.76. The van der Waals surface area contributed by atoms with Gasteiger partial charge in [0, 0.05) is 22.5 Å². The van der Waals surface area contributed by atoms with Gasteiger partial charge in [-0.25, -0.2) is 0 Å². The lowest BCUT2D eigenvalue weighted by Crippen LogP contribution is -2.99. The number of carbonyl (C=O) groups excluding carboxylic acids is 3. The number of rotatable bonds is 3. The maximum Gasteiger partial charge on any atom is 0.291 e. The molecule has 0 radical (unpaired) electrons. The standard InChI is InChI=1S/C20H24ClN3O3/c1-5-10(4)24-17(25)14-15(18(24)26)20(23-16(14)9(2)3)12-8-11(21)6-7-13(12)22-19(20)27/h6-10,14-16,23H,5H2,1-4H3,(H,22,27)/p+1/t10-,14-,15-,16+,20-/m0/s1. The van der Waals surface area contributed by atoms with E-state index >= 15 is 0 Å². The zero-order chi connectivity index (χ0) is 19.7. The minimum absolute atomic E-state index is 0.140. The van der Waals surface area contributed by atoms with Crippen molar-refractivity contribution in [3.05, 3.63) is 28.8 Å². The van der Waals surface area contributed by atoms with Crippen molar-refractivity contribution < 1.29 is 19.7 Å². The summed E-state index contributed by atoms with van der Waals surface area (Å²) in [5.41, 5.74) is 0.255. The lowest BCUT2D eigenvalue weighted by molar-refractivity contribution is -0.738. The first-order valence-electron chi connectivity index (χ1n) is 9.58. The second kappa shape index (κ2) is 6.04. The Kier molecular flexibility index (Phi) is 4.13. The molecule has 4 rings (SSSR count). The number of hydrogen-bond donors (Lipinski definition) is 2. The van der Waals surface area contributed by atoms with E-state index in [0.717, 1.165) is 0 Å². The second-order valence-corrected chi connectivity index (χ2v) is 8.74. The largest absolute Gasteiger partial charge is 0.326 e. The zero-order valence-corrected chi connectivity index (χ0v) is 16.7. The maximum absolute atomic E-state index is 13.4. The monoisotopic (exact) mass is 390 g/mol. The van der Waals surface area contributed by atoms with Crippen molar-refractivity contribution >= 4 is 35.0 Å². The van der Waals surface area contributed by atoms with E-state index in [1.54, 1.807) is 18.2 Å². The van der Waals surface area contributed by atoms with Crippen LogP contribution in [0.1, 0.15) is 39.7 Å². The van der Waals surface area contributed by atoms with Gasteiger partial charge in [0.05, 0.1) is 5.69 Å². The van der Waals surface area contributed by atoms with Gasteiger partial charge >= 0.3 is 0 Å². The fraction of sp³-hybridized carbons (Fsp3) is 0.550. The molecule has 3 amide bonds. The van der Waals surface area contributed by atoms with Crippen molar-refractivity contribution in [2.45, 2.75) is 51.7 Å². The number of fused-ring (bicyclic) bond motifs is 4. The number of carbonyl (C=O) groups is 3. The first-order chi connectivity index (χ1) is 12.7. The van der Waals surface area contributed by atoms with Crippen molar-refractivity contribution in [1.82, 2.24) is 4.90 Å². The van der Waals surface area contributed by atoms with Crippen LogP contribution < -0.4 is 10.6 Å². The molecule has 3 N–H and O–H groups in total. The number of nitrogens with two attached hydrogens (primary N) is 1. The molecule has 3 aliphatic rings. The molecule has 0 unspecified atom stereocenters. The number of nitrogens with one attached hydrogen (secondary N) is 1. The van der Waals surface area contributed by atoms with Gasteiger partial charge in [-0.1, -0.05) is 32.4 Å². The molecular weight excluding hydrogens is 366 g/mol. The third-order valence-corrected chi connectivity index (χ3v) is 6.83. The predicted octanol–water partition coefficient (Wildman–Crippen LogP) is 1.49. The van der Waals surface area contributed by atoms with E-state index in [1.807, 2.05) is 33.0 Å². The summed E-state index contributed by atoms with van der Waals surface area (Å²) in [5.74, 6) is -1.67. The van der Waals surface area contributed by atoms with E-state index in [4.69, 9.17) is 11.6 Å². The molecule has 1 aromatic rings. The summed E-state index contributed by atoms with van der Waals surface area (Å²) in [4.78, 5) is 41.3. The molecule has 2 fully saturated rings. The summed E-state index contributed by atoms with van der Waals surface area (Å²) in [6.07, 6.45) is 0.689. The van der Waals surface area contributed by atoms with Crippen LogP contribution in [-0.2, 0) is 19.9 Å². The Balaban J connectivity index is 1.92. The normalized spacial score (nSPS) is 33.0. The molecule has 1 spiro atoms. The Morgan fingerprint density at radius 3 is 2.56 bits per heavy atom. The molecule has 0 aliphatic carbocycles. The second-order valence-electron chi connectivity index (χ2n) is 8.31. The average Bonchev–Trinajstić information content (AvgIpc) is 3.20. The van der Waals surface area contributed by atoms with Gasteiger partial charge in [0.25, 0.3) is 5.91 Å². The molecule has 5 atom stereocenters. The van der Waals surface area contributed by atoms with Gasteiger partial charge in [-0.2, -0.15) is 0 Å². The molecule has 2 saturated heterocycles. The van der Waals surface area contributed by atoms with Crippen molar-refractivity contribution in [2.24, 2.45) is 17.8 Å². The van der Waals surface area contributed by atoms with Crippen LogP contribution in [0.5, 0.6) is 0 Å². The topological polar surface area (TPSA) is 83.1 Å². The fourth-order valence-corrected chi connectivity index (χ4v) is 5.28. The highest BCUT2D eigenvalue weighted by molar-refractivity contribution is 6.31. The highest BCUT2D eigenvalue weighted by Crippen LogP contribution is 2.50. The number of benzene rings is 1. The van der Waals surface area contributed by atoms with Crippen molar-refractivity contribution in [1.29, 1.82) is 0 Å². The quantitative estimate of drug-likeness (QED) is 0.767. The van der Waals surface area contributed by atoms with E-state index in [9.17, 15) is 14.4 Å². The van der Waals surface area contributed by atoms with Crippen LogP contribution >= 0.6 is 11.6 Å². The molecule has 7 heteroatoms. The molecule has 0 aromatic heterocycles. The number of anilines is 1. The first-order valence-corrected chi connectivity index (χ1v) is 9.96. The molecule has 6 nitrogen and oxygen atoms in total. The number of likely N-dealkylation sites (tertiary alicyclic amines) is 1. The summed E-state index contributed by atoms with van der Waals surface area (Å²) in [5, 5.41) is 5.38. The van der Waals surface area contributed by atoms with Gasteiger partial charge in [-0.3, -0.25) is 19.3 Å². The predicted molar refractivity (Wildman–Crippen MR) is 101 cm³/mol. The summed E-state index contributed by atoms with van der Waals surface area (Å²) in [7, 11) is 0.